The van der Waals surface area contributed by atoms with Gasteiger partial charge in [0.2, 0.25) is 0 Å². The van der Waals surface area contributed by atoms with Gasteiger partial charge in [0, 0.05) is 66.9 Å². The molecular weight excluding hydrogens is 449 g/mol. The van der Waals surface area contributed by atoms with E-state index in [2.05, 4.69) is 22.1 Å². The number of anilines is 2. The molecule has 9 heteroatoms. The average molecular weight is 480 g/mol. The molecule has 0 unspecified atom stereocenters. The zero-order valence-electron chi connectivity index (χ0n) is 20.5. The zero-order valence-corrected chi connectivity index (χ0v) is 20.5. The first kappa shape index (κ1) is 24.3. The minimum absolute atomic E-state index is 0.185. The van der Waals surface area contributed by atoms with Crippen LogP contribution in [0.5, 0.6) is 11.5 Å². The molecule has 2 heterocycles. The summed E-state index contributed by atoms with van der Waals surface area (Å²) in [5, 5.41) is 2.93. The Morgan fingerprint density at radius 3 is 2.31 bits per heavy atom. The van der Waals surface area contributed by atoms with Crippen LogP contribution in [0.4, 0.5) is 20.7 Å². The fraction of sp³-hybridized carbons (Fsp3) is 0.346. The van der Waals surface area contributed by atoms with E-state index in [1.165, 1.54) is 12.1 Å². The molecule has 1 fully saturated rings. The number of rotatable bonds is 6. The number of carbonyl (C=O) groups is 1. The predicted octanol–water partition coefficient (Wildman–Crippen LogP) is 4.52. The minimum Gasteiger partial charge on any atom is -0.497 e. The Kier molecular flexibility index (Phi) is 7.33. The summed E-state index contributed by atoms with van der Waals surface area (Å²) in [7, 11) is 3.14. The molecule has 2 aromatic carbocycles. The van der Waals surface area contributed by atoms with E-state index in [1.54, 1.807) is 43.4 Å². The second kappa shape index (κ2) is 10.6. The lowest BCUT2D eigenvalue weighted by molar-refractivity contribution is 0.208. The van der Waals surface area contributed by atoms with Gasteiger partial charge in [-0.3, -0.25) is 0 Å². The predicted molar refractivity (Wildman–Crippen MR) is 134 cm³/mol. The highest BCUT2D eigenvalue weighted by Crippen LogP contribution is 2.28. The topological polar surface area (TPSA) is 79.8 Å². The Balaban J connectivity index is 1.49. The fourth-order valence-corrected chi connectivity index (χ4v) is 4.22. The van der Waals surface area contributed by atoms with Crippen LogP contribution in [0.25, 0.3) is 11.4 Å². The number of piperazine rings is 1. The number of nitrogens with one attached hydrogen (secondary N) is 1. The molecule has 0 bridgehead atoms. The van der Waals surface area contributed by atoms with Crippen LogP contribution in [0.2, 0.25) is 0 Å². The summed E-state index contributed by atoms with van der Waals surface area (Å²) in [5.74, 6) is 2.23. The van der Waals surface area contributed by atoms with Gasteiger partial charge in [0.15, 0.2) is 5.82 Å². The molecule has 1 N–H and O–H groups in total. The Morgan fingerprint density at radius 1 is 1.03 bits per heavy atom. The Hall–Kier alpha value is -3.88. The number of hydrogen-bond donors (Lipinski definition) is 1. The highest BCUT2D eigenvalue weighted by Gasteiger charge is 2.25. The van der Waals surface area contributed by atoms with E-state index < -0.39 is 0 Å². The Morgan fingerprint density at radius 2 is 1.71 bits per heavy atom. The molecular formula is C26H30FN5O3. The van der Waals surface area contributed by atoms with Gasteiger partial charge in [0.05, 0.1) is 14.2 Å². The third kappa shape index (κ3) is 5.45. The second-order valence-corrected chi connectivity index (χ2v) is 8.30. The number of aromatic nitrogens is 2. The monoisotopic (exact) mass is 479 g/mol. The number of amides is 2. The number of halogens is 1. The molecule has 0 aliphatic carbocycles. The number of aryl methyl sites for hydroxylation is 1. The molecule has 0 spiro atoms. The standard InChI is InChI=1S/C26H30FN5O3/c1-5-23-17(2)28-24(18-7-6-8-19(27)13-18)30-25(23)31-9-11-32(12-10-31)26(33)29-20-14-21(34-3)16-22(15-20)35-4/h6-8,13-16H,5,9-12H2,1-4H3,(H,29,33). The number of carbonyl (C=O) groups excluding carboxylic acids is 1. The summed E-state index contributed by atoms with van der Waals surface area (Å²) in [6.45, 7) is 6.35. The van der Waals surface area contributed by atoms with Gasteiger partial charge in [0.25, 0.3) is 0 Å². The second-order valence-electron chi connectivity index (χ2n) is 8.30. The Bertz CT molecular complexity index is 1190. The number of methoxy groups -OCH3 is 2. The van der Waals surface area contributed by atoms with Crippen molar-refractivity contribution in [2.75, 3.05) is 50.6 Å². The number of benzene rings is 2. The maximum atomic E-state index is 13.8. The molecule has 0 saturated carbocycles. The molecule has 1 aliphatic rings. The third-order valence-electron chi connectivity index (χ3n) is 6.10. The van der Waals surface area contributed by atoms with Gasteiger partial charge in [-0.2, -0.15) is 0 Å². The maximum Gasteiger partial charge on any atom is 0.321 e. The van der Waals surface area contributed by atoms with Crippen LogP contribution in [0.15, 0.2) is 42.5 Å². The molecule has 1 aliphatic heterocycles. The molecule has 8 nitrogen and oxygen atoms in total. The van der Waals surface area contributed by atoms with Gasteiger partial charge >= 0.3 is 6.03 Å². The SMILES string of the molecule is CCc1c(C)nc(-c2cccc(F)c2)nc1N1CCN(C(=O)Nc2cc(OC)cc(OC)c2)CC1. The largest absolute Gasteiger partial charge is 0.497 e. The molecule has 1 saturated heterocycles. The fourth-order valence-electron chi connectivity index (χ4n) is 4.22. The van der Waals surface area contributed by atoms with Crippen LogP contribution in [-0.2, 0) is 6.42 Å². The Labute approximate surface area is 204 Å². The quantitative estimate of drug-likeness (QED) is 0.560. The summed E-state index contributed by atoms with van der Waals surface area (Å²) in [5.41, 5.74) is 3.19. The minimum atomic E-state index is -0.321. The van der Waals surface area contributed by atoms with Gasteiger partial charge in [-0.05, 0) is 25.5 Å². The third-order valence-corrected chi connectivity index (χ3v) is 6.10. The van der Waals surface area contributed by atoms with Gasteiger partial charge in [-0.15, -0.1) is 0 Å². The zero-order chi connectivity index (χ0) is 24.9. The van der Waals surface area contributed by atoms with E-state index in [9.17, 15) is 9.18 Å². The van der Waals surface area contributed by atoms with Crippen molar-refractivity contribution < 1.29 is 18.7 Å². The molecule has 0 radical (unpaired) electrons. The number of nitrogens with zero attached hydrogens (tertiary/aromatic N) is 4. The lowest BCUT2D eigenvalue weighted by Gasteiger charge is -2.36. The van der Waals surface area contributed by atoms with Crippen molar-refractivity contribution >= 4 is 17.5 Å². The van der Waals surface area contributed by atoms with E-state index in [0.717, 1.165) is 23.5 Å². The lowest BCUT2D eigenvalue weighted by Crippen LogP contribution is -2.50. The van der Waals surface area contributed by atoms with E-state index in [0.29, 0.717) is 54.8 Å². The summed E-state index contributed by atoms with van der Waals surface area (Å²) in [6, 6.07) is 11.4. The number of urea groups is 1. The van der Waals surface area contributed by atoms with Crippen LogP contribution in [0, 0.1) is 12.7 Å². The highest BCUT2D eigenvalue weighted by molar-refractivity contribution is 5.90. The van der Waals surface area contributed by atoms with Crippen LogP contribution < -0.4 is 19.7 Å². The first-order valence-corrected chi connectivity index (χ1v) is 11.6. The van der Waals surface area contributed by atoms with Gasteiger partial charge in [-0.25, -0.2) is 19.2 Å². The van der Waals surface area contributed by atoms with Gasteiger partial charge < -0.3 is 24.6 Å². The van der Waals surface area contributed by atoms with E-state index in [1.807, 2.05) is 13.0 Å². The van der Waals surface area contributed by atoms with Crippen LogP contribution >= 0.6 is 0 Å². The molecule has 2 amide bonds. The summed E-state index contributed by atoms with van der Waals surface area (Å²) in [4.78, 5) is 26.3. The smallest absolute Gasteiger partial charge is 0.321 e. The number of ether oxygens (including phenoxy) is 2. The summed E-state index contributed by atoms with van der Waals surface area (Å²) >= 11 is 0. The highest BCUT2D eigenvalue weighted by atomic mass is 19.1. The normalized spacial score (nSPS) is 13.5. The van der Waals surface area contributed by atoms with Gasteiger partial charge in [-0.1, -0.05) is 19.1 Å². The molecule has 184 valence electrons. The molecule has 0 atom stereocenters. The first-order chi connectivity index (χ1) is 16.9. The van der Waals surface area contributed by atoms with Gasteiger partial charge in [0.1, 0.15) is 23.1 Å². The summed E-state index contributed by atoms with van der Waals surface area (Å²) in [6.07, 6.45) is 0.781. The van der Waals surface area contributed by atoms with Crippen LogP contribution in [0.3, 0.4) is 0 Å². The molecule has 35 heavy (non-hydrogen) atoms. The maximum absolute atomic E-state index is 13.8. The van der Waals surface area contributed by atoms with Crippen molar-refractivity contribution in [1.29, 1.82) is 0 Å². The lowest BCUT2D eigenvalue weighted by atomic mass is 10.1. The van der Waals surface area contributed by atoms with Crippen molar-refractivity contribution in [3.05, 3.63) is 59.5 Å². The van der Waals surface area contributed by atoms with Crippen molar-refractivity contribution in [3.63, 3.8) is 0 Å². The molecule has 1 aromatic heterocycles. The van der Waals surface area contributed by atoms with Crippen LogP contribution in [-0.4, -0.2) is 61.3 Å². The van der Waals surface area contributed by atoms with Crippen molar-refractivity contribution in [2.24, 2.45) is 0 Å². The molecule has 4 rings (SSSR count). The van der Waals surface area contributed by atoms with Crippen molar-refractivity contribution in [1.82, 2.24) is 14.9 Å². The van der Waals surface area contributed by atoms with Crippen LogP contribution in [0.1, 0.15) is 18.2 Å². The van der Waals surface area contributed by atoms with E-state index in [4.69, 9.17) is 14.5 Å². The van der Waals surface area contributed by atoms with Crippen molar-refractivity contribution in [3.8, 4) is 22.9 Å². The average Bonchev–Trinajstić information content (AvgIpc) is 2.88. The molecule has 3 aromatic rings. The van der Waals surface area contributed by atoms with Crippen molar-refractivity contribution in [2.45, 2.75) is 20.3 Å². The van der Waals surface area contributed by atoms with E-state index >= 15 is 0 Å². The summed E-state index contributed by atoms with van der Waals surface area (Å²) < 4.78 is 24.4. The van der Waals surface area contributed by atoms with E-state index in [-0.39, 0.29) is 11.8 Å². The first-order valence-electron chi connectivity index (χ1n) is 11.6. The number of hydrogen-bond acceptors (Lipinski definition) is 6.